The van der Waals surface area contributed by atoms with Gasteiger partial charge in [0.15, 0.2) is 0 Å². The van der Waals surface area contributed by atoms with E-state index in [9.17, 15) is 13.6 Å². The molecule has 0 aliphatic carbocycles. The van der Waals surface area contributed by atoms with Crippen LogP contribution in [0.3, 0.4) is 0 Å². The summed E-state index contributed by atoms with van der Waals surface area (Å²) in [5.41, 5.74) is 0.114. The predicted molar refractivity (Wildman–Crippen MR) is 75.9 cm³/mol. The molecule has 1 amide bonds. The Hall–Kier alpha value is -1.20. The van der Waals surface area contributed by atoms with Crippen LogP contribution in [-0.4, -0.2) is 36.0 Å². The highest BCUT2D eigenvalue weighted by Gasteiger charge is 2.28. The fraction of sp³-hybridized carbons (Fsp3) is 0.500. The van der Waals surface area contributed by atoms with Crippen LogP contribution in [-0.2, 0) is 11.2 Å². The van der Waals surface area contributed by atoms with Crippen molar-refractivity contribution in [3.8, 4) is 0 Å². The van der Waals surface area contributed by atoms with Crippen molar-refractivity contribution >= 4 is 18.3 Å². The van der Waals surface area contributed by atoms with Crippen molar-refractivity contribution in [3.05, 3.63) is 35.4 Å². The summed E-state index contributed by atoms with van der Waals surface area (Å²) in [4.78, 5) is 13.9. The first-order valence-electron chi connectivity index (χ1n) is 6.46. The Labute approximate surface area is 123 Å². The molecule has 1 aromatic carbocycles. The largest absolute Gasteiger partial charge is 0.337 e. The van der Waals surface area contributed by atoms with E-state index in [0.717, 1.165) is 24.7 Å². The second-order valence-electron chi connectivity index (χ2n) is 4.98. The number of hydrogen-bond acceptors (Lipinski definition) is 2. The first kappa shape index (κ1) is 16.9. The fourth-order valence-electron chi connectivity index (χ4n) is 2.35. The molecule has 1 aliphatic heterocycles. The average Bonchev–Trinajstić information content (AvgIpc) is 2.37. The van der Waals surface area contributed by atoms with Gasteiger partial charge in [0, 0.05) is 30.7 Å². The zero-order valence-electron chi connectivity index (χ0n) is 11.5. The van der Waals surface area contributed by atoms with E-state index in [1.165, 1.54) is 0 Å². The minimum absolute atomic E-state index is 0. The van der Waals surface area contributed by atoms with E-state index >= 15 is 0 Å². The molecule has 1 aliphatic rings. The lowest BCUT2D eigenvalue weighted by molar-refractivity contribution is -0.134. The number of piperazine rings is 1. The Kier molecular flexibility index (Phi) is 5.89. The fourth-order valence-corrected chi connectivity index (χ4v) is 2.35. The minimum atomic E-state index is -0.536. The van der Waals surface area contributed by atoms with Gasteiger partial charge in [-0.1, -0.05) is 0 Å². The van der Waals surface area contributed by atoms with Gasteiger partial charge in [0.2, 0.25) is 5.91 Å². The molecule has 20 heavy (non-hydrogen) atoms. The quantitative estimate of drug-likeness (QED) is 0.908. The Morgan fingerprint density at radius 3 is 2.80 bits per heavy atom. The molecule has 112 valence electrons. The van der Waals surface area contributed by atoms with Crippen molar-refractivity contribution in [3.63, 3.8) is 0 Å². The Bertz CT molecular complexity index is 484. The summed E-state index contributed by atoms with van der Waals surface area (Å²) >= 11 is 0. The summed E-state index contributed by atoms with van der Waals surface area (Å²) in [5.74, 6) is -1.22. The van der Waals surface area contributed by atoms with Crippen LogP contribution < -0.4 is 5.32 Å². The van der Waals surface area contributed by atoms with E-state index in [0.29, 0.717) is 6.54 Å². The number of nitrogens with one attached hydrogen (secondary N) is 1. The molecule has 0 saturated carbocycles. The number of amides is 1. The molecular weight excluding hydrogens is 286 g/mol. The number of benzene rings is 1. The molecule has 1 saturated heterocycles. The van der Waals surface area contributed by atoms with E-state index in [1.807, 2.05) is 13.8 Å². The molecule has 6 heteroatoms. The molecule has 1 heterocycles. The van der Waals surface area contributed by atoms with Gasteiger partial charge in [-0.2, -0.15) is 0 Å². The van der Waals surface area contributed by atoms with Gasteiger partial charge in [-0.15, -0.1) is 12.4 Å². The van der Waals surface area contributed by atoms with Crippen molar-refractivity contribution in [2.75, 3.05) is 13.1 Å². The topological polar surface area (TPSA) is 32.3 Å². The van der Waals surface area contributed by atoms with Gasteiger partial charge in [-0.25, -0.2) is 8.78 Å². The van der Waals surface area contributed by atoms with Gasteiger partial charge in [0.1, 0.15) is 11.6 Å². The lowest BCUT2D eigenvalue weighted by atomic mass is 10.0. The second-order valence-corrected chi connectivity index (χ2v) is 4.98. The predicted octanol–water partition coefficient (Wildman–Crippen LogP) is 2.14. The second kappa shape index (κ2) is 6.99. The molecule has 0 spiro atoms. The van der Waals surface area contributed by atoms with Crippen LogP contribution in [0.15, 0.2) is 18.2 Å². The van der Waals surface area contributed by atoms with E-state index in [2.05, 4.69) is 5.32 Å². The van der Waals surface area contributed by atoms with Crippen LogP contribution in [0.5, 0.6) is 0 Å². The van der Waals surface area contributed by atoms with Crippen LogP contribution in [0.2, 0.25) is 0 Å². The highest BCUT2D eigenvalue weighted by molar-refractivity contribution is 5.85. The third kappa shape index (κ3) is 3.67. The molecule has 1 aromatic rings. The number of nitrogens with zero attached hydrogens (tertiary/aromatic N) is 1. The lowest BCUT2D eigenvalue weighted by Crippen LogP contribution is -2.57. The number of halogens is 3. The minimum Gasteiger partial charge on any atom is -0.337 e. The summed E-state index contributed by atoms with van der Waals surface area (Å²) in [7, 11) is 0. The molecule has 0 aromatic heterocycles. The van der Waals surface area contributed by atoms with E-state index in [4.69, 9.17) is 0 Å². The van der Waals surface area contributed by atoms with Gasteiger partial charge in [0.05, 0.1) is 6.42 Å². The molecule has 2 unspecified atom stereocenters. The van der Waals surface area contributed by atoms with Gasteiger partial charge in [0.25, 0.3) is 0 Å². The highest BCUT2D eigenvalue weighted by Crippen LogP contribution is 2.15. The van der Waals surface area contributed by atoms with Crippen LogP contribution in [0.1, 0.15) is 19.4 Å². The zero-order valence-corrected chi connectivity index (χ0v) is 12.3. The molecule has 0 radical (unpaired) electrons. The maximum Gasteiger partial charge on any atom is 0.227 e. The average molecular weight is 305 g/mol. The molecule has 1 N–H and O–H groups in total. The summed E-state index contributed by atoms with van der Waals surface area (Å²) in [6, 6.07) is 3.46. The summed E-state index contributed by atoms with van der Waals surface area (Å²) in [5, 5.41) is 3.27. The standard InChI is InChI=1S/C14H18F2N2O.ClH/c1-9-10(2)18(6-5-17-9)14(19)8-11-7-12(15)3-4-13(11)16;/h3-4,7,9-10,17H,5-6,8H2,1-2H3;1H. The molecule has 3 nitrogen and oxygen atoms in total. The Balaban J connectivity index is 0.00000200. The smallest absolute Gasteiger partial charge is 0.227 e. The van der Waals surface area contributed by atoms with Crippen molar-refractivity contribution in [2.45, 2.75) is 32.4 Å². The van der Waals surface area contributed by atoms with Crippen molar-refractivity contribution < 1.29 is 13.6 Å². The zero-order chi connectivity index (χ0) is 14.0. The molecule has 2 rings (SSSR count). The van der Waals surface area contributed by atoms with Crippen LogP contribution >= 0.6 is 12.4 Å². The van der Waals surface area contributed by atoms with E-state index in [1.54, 1.807) is 4.90 Å². The van der Waals surface area contributed by atoms with Crippen molar-refractivity contribution in [2.24, 2.45) is 0 Å². The SMILES string of the molecule is CC1NCCN(C(=O)Cc2cc(F)ccc2F)C1C.Cl. The van der Waals surface area contributed by atoms with Gasteiger partial charge >= 0.3 is 0 Å². The molecular formula is C14H19ClF2N2O. The van der Waals surface area contributed by atoms with Crippen LogP contribution in [0, 0.1) is 11.6 Å². The molecule has 1 fully saturated rings. The Morgan fingerprint density at radius 1 is 1.40 bits per heavy atom. The first-order valence-corrected chi connectivity index (χ1v) is 6.46. The highest BCUT2D eigenvalue weighted by atomic mass is 35.5. The van der Waals surface area contributed by atoms with E-state index in [-0.39, 0.29) is 42.4 Å². The van der Waals surface area contributed by atoms with Gasteiger partial charge in [-0.05, 0) is 32.0 Å². The monoisotopic (exact) mass is 304 g/mol. The molecule has 0 bridgehead atoms. The third-order valence-electron chi connectivity index (χ3n) is 3.70. The summed E-state index contributed by atoms with van der Waals surface area (Å²) in [6.07, 6.45) is -0.0966. The maximum absolute atomic E-state index is 13.5. The first-order chi connectivity index (χ1) is 8.99. The van der Waals surface area contributed by atoms with Gasteiger partial charge in [-0.3, -0.25) is 4.79 Å². The van der Waals surface area contributed by atoms with E-state index < -0.39 is 11.6 Å². The maximum atomic E-state index is 13.5. The number of hydrogen-bond donors (Lipinski definition) is 1. The van der Waals surface area contributed by atoms with Gasteiger partial charge < -0.3 is 10.2 Å². The van der Waals surface area contributed by atoms with Crippen LogP contribution in [0.25, 0.3) is 0 Å². The summed E-state index contributed by atoms with van der Waals surface area (Å²) in [6.45, 7) is 5.29. The third-order valence-corrected chi connectivity index (χ3v) is 3.70. The number of carbonyl (C=O) groups excluding carboxylic acids is 1. The number of rotatable bonds is 2. The normalized spacial score (nSPS) is 22.3. The summed E-state index contributed by atoms with van der Waals surface area (Å²) < 4.78 is 26.6. The Morgan fingerprint density at radius 2 is 2.10 bits per heavy atom. The molecule has 2 atom stereocenters. The van der Waals surface area contributed by atoms with Crippen molar-refractivity contribution in [1.29, 1.82) is 0 Å². The van der Waals surface area contributed by atoms with Crippen LogP contribution in [0.4, 0.5) is 8.78 Å². The number of carbonyl (C=O) groups is 1. The lowest BCUT2D eigenvalue weighted by Gasteiger charge is -2.38. The van der Waals surface area contributed by atoms with Crippen molar-refractivity contribution in [1.82, 2.24) is 10.2 Å².